The number of thioether (sulfide) groups is 1. The number of esters is 1. The second-order valence-electron chi connectivity index (χ2n) is 5.86. The number of carbonyl (C=O) groups is 1. The molecule has 3 rings (SSSR count). The maximum absolute atomic E-state index is 12.1. The molecule has 0 saturated heterocycles. The van der Waals surface area contributed by atoms with E-state index in [1.165, 1.54) is 11.8 Å². The van der Waals surface area contributed by atoms with Crippen LogP contribution in [-0.4, -0.2) is 31.8 Å². The summed E-state index contributed by atoms with van der Waals surface area (Å²) in [5, 5.41) is 5.76. The van der Waals surface area contributed by atoms with Gasteiger partial charge < -0.3 is 4.74 Å². The molecule has 0 spiro atoms. The van der Waals surface area contributed by atoms with Gasteiger partial charge in [-0.1, -0.05) is 35.5 Å². The van der Waals surface area contributed by atoms with Gasteiger partial charge in [0.15, 0.2) is 0 Å². The second kappa shape index (κ2) is 8.05. The molecule has 0 aliphatic rings. The van der Waals surface area contributed by atoms with Crippen molar-refractivity contribution < 1.29 is 9.53 Å². The lowest BCUT2D eigenvalue weighted by Gasteiger charge is -2.10. The van der Waals surface area contributed by atoms with Crippen LogP contribution in [0.3, 0.4) is 0 Å². The molecule has 0 unspecified atom stereocenters. The third-order valence-corrected chi connectivity index (χ3v) is 4.89. The first-order valence-electron chi connectivity index (χ1n) is 8.15. The summed E-state index contributed by atoms with van der Waals surface area (Å²) < 4.78 is 7.07. The van der Waals surface area contributed by atoms with Gasteiger partial charge in [-0.15, -0.1) is 5.10 Å². The van der Waals surface area contributed by atoms with Crippen LogP contribution in [0.15, 0.2) is 29.4 Å². The highest BCUT2D eigenvalue weighted by molar-refractivity contribution is 7.98. The first-order valence-corrected chi connectivity index (χ1v) is 9.75. The molecule has 8 heteroatoms. The SMILES string of the molecule is CSc1nc2nc(C)c(CCC(=O)OCc3ccc(Cl)cc3)c(C)n2n1. The Morgan fingerprint density at radius 2 is 1.96 bits per heavy atom. The Kier molecular flexibility index (Phi) is 5.78. The van der Waals surface area contributed by atoms with E-state index in [1.807, 2.05) is 32.2 Å². The van der Waals surface area contributed by atoms with Gasteiger partial charge in [0.2, 0.25) is 5.16 Å². The summed E-state index contributed by atoms with van der Waals surface area (Å²) in [6, 6.07) is 7.24. The molecule has 0 fully saturated rings. The van der Waals surface area contributed by atoms with Crippen molar-refractivity contribution in [2.24, 2.45) is 0 Å². The first kappa shape index (κ1) is 18.7. The van der Waals surface area contributed by atoms with Crippen LogP contribution in [0.25, 0.3) is 5.78 Å². The van der Waals surface area contributed by atoms with Crippen LogP contribution >= 0.6 is 23.4 Å². The number of aryl methyl sites for hydroxylation is 2. The molecule has 0 amide bonds. The van der Waals surface area contributed by atoms with Gasteiger partial charge in [-0.25, -0.2) is 9.50 Å². The largest absolute Gasteiger partial charge is 0.461 e. The van der Waals surface area contributed by atoms with E-state index in [9.17, 15) is 4.79 Å². The van der Waals surface area contributed by atoms with Crippen LogP contribution in [0.5, 0.6) is 0 Å². The Balaban J connectivity index is 1.65. The number of rotatable bonds is 6. The van der Waals surface area contributed by atoms with E-state index in [4.69, 9.17) is 16.3 Å². The summed E-state index contributed by atoms with van der Waals surface area (Å²) in [5.41, 5.74) is 3.72. The van der Waals surface area contributed by atoms with Crippen molar-refractivity contribution in [3.63, 3.8) is 0 Å². The van der Waals surface area contributed by atoms with Crippen molar-refractivity contribution in [3.8, 4) is 0 Å². The average Bonchev–Trinajstić information content (AvgIpc) is 3.04. The Labute approximate surface area is 160 Å². The minimum absolute atomic E-state index is 0.241. The molecule has 136 valence electrons. The zero-order valence-corrected chi connectivity index (χ0v) is 16.4. The number of hydrogen-bond donors (Lipinski definition) is 0. The van der Waals surface area contributed by atoms with Crippen LogP contribution in [0.1, 0.15) is 28.9 Å². The highest BCUT2D eigenvalue weighted by Crippen LogP contribution is 2.18. The number of hydrogen-bond acceptors (Lipinski definition) is 6. The van der Waals surface area contributed by atoms with Crippen LogP contribution in [0.4, 0.5) is 0 Å². The van der Waals surface area contributed by atoms with E-state index < -0.39 is 0 Å². The zero-order valence-electron chi connectivity index (χ0n) is 14.8. The van der Waals surface area contributed by atoms with Crippen molar-refractivity contribution in [2.75, 3.05) is 6.26 Å². The van der Waals surface area contributed by atoms with Gasteiger partial charge in [-0.3, -0.25) is 4.79 Å². The summed E-state index contributed by atoms with van der Waals surface area (Å²) in [7, 11) is 0. The predicted octanol–water partition coefficient (Wildman–Crippen LogP) is 3.79. The molecule has 0 aliphatic heterocycles. The molecular formula is C18H19ClN4O2S. The van der Waals surface area contributed by atoms with Gasteiger partial charge in [-0.2, -0.15) is 4.98 Å². The molecule has 26 heavy (non-hydrogen) atoms. The smallest absolute Gasteiger partial charge is 0.306 e. The Morgan fingerprint density at radius 3 is 2.65 bits per heavy atom. The standard InChI is InChI=1S/C18H19ClN4O2S/c1-11-15(12(2)23-17(20-11)21-18(22-23)26-3)8-9-16(24)25-10-13-4-6-14(19)7-5-13/h4-7H,8-10H2,1-3H3. The molecule has 6 nitrogen and oxygen atoms in total. The number of nitrogens with zero attached hydrogens (tertiary/aromatic N) is 4. The third-order valence-electron chi connectivity index (χ3n) is 4.10. The molecule has 0 saturated carbocycles. The van der Waals surface area contributed by atoms with Gasteiger partial charge >= 0.3 is 5.97 Å². The summed E-state index contributed by atoms with van der Waals surface area (Å²) in [5.74, 6) is 0.334. The molecule has 0 aliphatic carbocycles. The van der Waals surface area contributed by atoms with Crippen molar-refractivity contribution >= 4 is 35.1 Å². The summed E-state index contributed by atoms with van der Waals surface area (Å²) in [4.78, 5) is 20.9. The summed E-state index contributed by atoms with van der Waals surface area (Å²) in [6.07, 6.45) is 2.76. The number of benzene rings is 1. The van der Waals surface area contributed by atoms with Gasteiger partial charge in [0, 0.05) is 22.8 Å². The van der Waals surface area contributed by atoms with E-state index in [2.05, 4.69) is 15.1 Å². The highest BCUT2D eigenvalue weighted by Gasteiger charge is 2.15. The molecule has 0 bridgehead atoms. The number of fused-ring (bicyclic) bond motifs is 1. The monoisotopic (exact) mass is 390 g/mol. The minimum Gasteiger partial charge on any atom is -0.461 e. The maximum atomic E-state index is 12.1. The Morgan fingerprint density at radius 1 is 1.23 bits per heavy atom. The molecule has 0 radical (unpaired) electrons. The molecule has 0 N–H and O–H groups in total. The summed E-state index contributed by atoms with van der Waals surface area (Å²) in [6.45, 7) is 4.13. The van der Waals surface area contributed by atoms with Gasteiger partial charge in [0.1, 0.15) is 6.61 Å². The molecule has 2 heterocycles. The van der Waals surface area contributed by atoms with Crippen LogP contribution in [0, 0.1) is 13.8 Å². The lowest BCUT2D eigenvalue weighted by Crippen LogP contribution is -2.10. The van der Waals surface area contributed by atoms with Gasteiger partial charge in [0.25, 0.3) is 5.78 Å². The normalized spacial score (nSPS) is 11.1. The number of aromatic nitrogens is 4. The van der Waals surface area contributed by atoms with E-state index in [0.29, 0.717) is 22.4 Å². The average molecular weight is 391 g/mol. The van der Waals surface area contributed by atoms with Crippen molar-refractivity contribution in [2.45, 2.75) is 38.5 Å². The lowest BCUT2D eigenvalue weighted by molar-refractivity contribution is -0.144. The lowest BCUT2D eigenvalue weighted by atomic mass is 10.1. The number of halogens is 1. The van der Waals surface area contributed by atoms with E-state index in [-0.39, 0.29) is 19.0 Å². The van der Waals surface area contributed by atoms with Crippen molar-refractivity contribution in [3.05, 3.63) is 51.8 Å². The van der Waals surface area contributed by atoms with Crippen molar-refractivity contribution in [1.82, 2.24) is 19.6 Å². The van der Waals surface area contributed by atoms with Crippen molar-refractivity contribution in [1.29, 1.82) is 0 Å². The van der Waals surface area contributed by atoms with E-state index in [0.717, 1.165) is 22.5 Å². The number of ether oxygens (including phenoxy) is 1. The molecule has 3 aromatic rings. The Bertz CT molecular complexity index is 941. The zero-order chi connectivity index (χ0) is 18.7. The van der Waals surface area contributed by atoms with Crippen LogP contribution < -0.4 is 0 Å². The van der Waals surface area contributed by atoms with E-state index >= 15 is 0 Å². The quantitative estimate of drug-likeness (QED) is 0.471. The predicted molar refractivity (Wildman–Crippen MR) is 102 cm³/mol. The molecule has 0 atom stereocenters. The Hall–Kier alpha value is -2.12. The van der Waals surface area contributed by atoms with Crippen LogP contribution in [-0.2, 0) is 22.6 Å². The number of carbonyl (C=O) groups excluding carboxylic acids is 1. The molecule has 2 aromatic heterocycles. The van der Waals surface area contributed by atoms with Gasteiger partial charge in [-0.05, 0) is 49.8 Å². The third kappa shape index (κ3) is 4.16. The first-order chi connectivity index (χ1) is 12.5. The fraction of sp³-hybridized carbons (Fsp3) is 0.333. The summed E-state index contributed by atoms with van der Waals surface area (Å²) >= 11 is 7.32. The highest BCUT2D eigenvalue weighted by atomic mass is 35.5. The fourth-order valence-corrected chi connectivity index (χ4v) is 3.14. The minimum atomic E-state index is -0.248. The second-order valence-corrected chi connectivity index (χ2v) is 7.07. The molecule has 1 aromatic carbocycles. The molecular weight excluding hydrogens is 372 g/mol. The maximum Gasteiger partial charge on any atom is 0.306 e. The van der Waals surface area contributed by atoms with Crippen LogP contribution in [0.2, 0.25) is 5.02 Å². The topological polar surface area (TPSA) is 69.4 Å². The van der Waals surface area contributed by atoms with Gasteiger partial charge in [0.05, 0.1) is 0 Å². The fourth-order valence-electron chi connectivity index (χ4n) is 2.68. The van der Waals surface area contributed by atoms with E-state index in [1.54, 1.807) is 16.6 Å².